The number of fused-ring (bicyclic) bond motifs is 1. The van der Waals surface area contributed by atoms with Gasteiger partial charge in [0.2, 0.25) is 5.91 Å². The number of para-hydroxylation sites is 3. The number of ether oxygens (including phenoxy) is 1. The quantitative estimate of drug-likeness (QED) is 0.927. The molecular formula is C19H19FN2O3. The summed E-state index contributed by atoms with van der Waals surface area (Å²) in [7, 11) is 0. The molecule has 0 aliphatic carbocycles. The van der Waals surface area contributed by atoms with Crippen LogP contribution in [0.3, 0.4) is 0 Å². The Kier molecular flexibility index (Phi) is 4.70. The molecular weight excluding hydrogens is 323 g/mol. The normalized spacial score (nSPS) is 16.7. The van der Waals surface area contributed by atoms with E-state index in [1.165, 1.54) is 23.1 Å². The van der Waals surface area contributed by atoms with Crippen LogP contribution in [-0.4, -0.2) is 24.5 Å². The van der Waals surface area contributed by atoms with Crippen molar-refractivity contribution in [2.45, 2.75) is 26.3 Å². The van der Waals surface area contributed by atoms with Gasteiger partial charge in [-0.2, -0.15) is 0 Å². The Morgan fingerprint density at radius 3 is 2.80 bits per heavy atom. The van der Waals surface area contributed by atoms with E-state index in [0.717, 1.165) is 0 Å². The van der Waals surface area contributed by atoms with Crippen LogP contribution in [-0.2, 0) is 4.79 Å². The summed E-state index contributed by atoms with van der Waals surface area (Å²) >= 11 is 0. The van der Waals surface area contributed by atoms with E-state index in [1.54, 1.807) is 38.1 Å². The molecule has 0 bridgehead atoms. The van der Waals surface area contributed by atoms with Crippen LogP contribution >= 0.6 is 0 Å². The molecule has 6 heteroatoms. The molecule has 0 saturated carbocycles. The number of hydrogen-bond donors (Lipinski definition) is 1. The highest BCUT2D eigenvalue weighted by Crippen LogP contribution is 2.34. The van der Waals surface area contributed by atoms with E-state index in [4.69, 9.17) is 4.74 Å². The van der Waals surface area contributed by atoms with Crippen molar-refractivity contribution in [1.29, 1.82) is 0 Å². The highest BCUT2D eigenvalue weighted by molar-refractivity contribution is 6.12. The zero-order chi connectivity index (χ0) is 18.0. The second kappa shape index (κ2) is 6.93. The molecule has 1 aliphatic heterocycles. The molecule has 1 N–H and O–H groups in total. The van der Waals surface area contributed by atoms with E-state index >= 15 is 0 Å². The third-order valence-corrected chi connectivity index (χ3v) is 4.06. The molecule has 1 heterocycles. The zero-order valence-corrected chi connectivity index (χ0v) is 14.1. The van der Waals surface area contributed by atoms with E-state index < -0.39 is 11.7 Å². The van der Waals surface area contributed by atoms with Crippen molar-refractivity contribution in [3.05, 3.63) is 53.8 Å². The average Bonchev–Trinajstić information content (AvgIpc) is 2.70. The van der Waals surface area contributed by atoms with E-state index in [9.17, 15) is 14.0 Å². The van der Waals surface area contributed by atoms with Crippen molar-refractivity contribution in [3.8, 4) is 5.75 Å². The van der Waals surface area contributed by atoms with E-state index in [2.05, 4.69) is 5.32 Å². The fourth-order valence-electron chi connectivity index (χ4n) is 3.00. The van der Waals surface area contributed by atoms with Gasteiger partial charge in [-0.15, -0.1) is 0 Å². The van der Waals surface area contributed by atoms with Gasteiger partial charge in [0.05, 0.1) is 23.5 Å². The van der Waals surface area contributed by atoms with E-state index in [1.807, 2.05) is 0 Å². The van der Waals surface area contributed by atoms with Gasteiger partial charge in [0.25, 0.3) is 5.91 Å². The summed E-state index contributed by atoms with van der Waals surface area (Å²) in [5.74, 6) is -1.22. The van der Waals surface area contributed by atoms with Crippen molar-refractivity contribution >= 4 is 23.2 Å². The summed E-state index contributed by atoms with van der Waals surface area (Å²) in [6, 6.07) is 11.0. The molecule has 1 atom stereocenters. The highest BCUT2D eigenvalue weighted by Gasteiger charge is 2.32. The Morgan fingerprint density at radius 1 is 1.28 bits per heavy atom. The smallest absolute Gasteiger partial charge is 0.262 e. The fraction of sp³-hybridized carbons (Fsp3) is 0.263. The Bertz CT molecular complexity index is 822. The lowest BCUT2D eigenvalue weighted by Crippen LogP contribution is -2.39. The van der Waals surface area contributed by atoms with Crippen molar-refractivity contribution in [2.75, 3.05) is 16.8 Å². The molecule has 0 radical (unpaired) electrons. The second-order valence-electron chi connectivity index (χ2n) is 5.84. The number of carbonyl (C=O) groups excluding carboxylic acids is 2. The van der Waals surface area contributed by atoms with Crippen molar-refractivity contribution < 1.29 is 18.7 Å². The monoisotopic (exact) mass is 342 g/mol. The minimum absolute atomic E-state index is 0.0665. The topological polar surface area (TPSA) is 58.6 Å². The second-order valence-corrected chi connectivity index (χ2v) is 5.84. The summed E-state index contributed by atoms with van der Waals surface area (Å²) in [6.45, 7) is 3.76. The number of hydrogen-bond acceptors (Lipinski definition) is 3. The molecule has 2 amide bonds. The first kappa shape index (κ1) is 17.0. The molecule has 0 saturated heterocycles. The Hall–Kier alpha value is -2.89. The maximum atomic E-state index is 14.1. The summed E-state index contributed by atoms with van der Waals surface area (Å²) < 4.78 is 19.5. The van der Waals surface area contributed by atoms with Gasteiger partial charge in [-0.25, -0.2) is 4.39 Å². The molecule has 5 nitrogen and oxygen atoms in total. The number of anilines is 2. The van der Waals surface area contributed by atoms with Gasteiger partial charge in [0.15, 0.2) is 11.6 Å². The van der Waals surface area contributed by atoms with Crippen LogP contribution in [0.15, 0.2) is 42.5 Å². The summed E-state index contributed by atoms with van der Waals surface area (Å²) in [6.07, 6.45) is 0.152. The number of rotatable bonds is 3. The van der Waals surface area contributed by atoms with Gasteiger partial charge in [-0.3, -0.25) is 9.59 Å². The lowest BCUT2D eigenvalue weighted by Gasteiger charge is -2.28. The standard InChI is InChI=1S/C19H19FN2O3/c1-3-25-18-13(7-6-8-14(18)20)19(24)22-12(2)11-17(23)21-15-9-4-5-10-16(15)22/h4-10,12H,3,11H2,1-2H3,(H,21,23)/t12-/m0/s1. The number of nitrogens with zero attached hydrogens (tertiary/aromatic N) is 1. The number of carbonyl (C=O) groups is 2. The summed E-state index contributed by atoms with van der Waals surface area (Å²) in [4.78, 5) is 26.8. The van der Waals surface area contributed by atoms with Crippen molar-refractivity contribution in [2.24, 2.45) is 0 Å². The van der Waals surface area contributed by atoms with Gasteiger partial charge < -0.3 is 15.0 Å². The predicted molar refractivity (Wildman–Crippen MR) is 93.5 cm³/mol. The molecule has 25 heavy (non-hydrogen) atoms. The van der Waals surface area contributed by atoms with Crippen LogP contribution < -0.4 is 15.0 Å². The summed E-state index contributed by atoms with van der Waals surface area (Å²) in [5, 5.41) is 2.80. The Morgan fingerprint density at radius 2 is 2.04 bits per heavy atom. The van der Waals surface area contributed by atoms with Crippen LogP contribution in [0.1, 0.15) is 30.6 Å². The van der Waals surface area contributed by atoms with Gasteiger partial charge in [-0.05, 0) is 38.1 Å². The van der Waals surface area contributed by atoms with Crippen LogP contribution in [0.5, 0.6) is 5.75 Å². The first-order valence-corrected chi connectivity index (χ1v) is 8.16. The first-order chi connectivity index (χ1) is 12.0. The van der Waals surface area contributed by atoms with Crippen molar-refractivity contribution in [3.63, 3.8) is 0 Å². The van der Waals surface area contributed by atoms with Gasteiger partial charge in [0, 0.05) is 12.5 Å². The summed E-state index contributed by atoms with van der Waals surface area (Å²) in [5.41, 5.74) is 1.27. The highest BCUT2D eigenvalue weighted by atomic mass is 19.1. The molecule has 1 aliphatic rings. The largest absolute Gasteiger partial charge is 0.490 e. The maximum Gasteiger partial charge on any atom is 0.262 e. The van der Waals surface area contributed by atoms with Crippen molar-refractivity contribution in [1.82, 2.24) is 0 Å². The number of benzene rings is 2. The molecule has 0 unspecified atom stereocenters. The Balaban J connectivity index is 2.10. The molecule has 0 aromatic heterocycles. The minimum Gasteiger partial charge on any atom is -0.490 e. The zero-order valence-electron chi connectivity index (χ0n) is 14.1. The third-order valence-electron chi connectivity index (χ3n) is 4.06. The van der Waals surface area contributed by atoms with Crippen LogP contribution in [0.4, 0.5) is 15.8 Å². The van der Waals surface area contributed by atoms with Gasteiger partial charge in [-0.1, -0.05) is 18.2 Å². The van der Waals surface area contributed by atoms with E-state index in [0.29, 0.717) is 11.4 Å². The SMILES string of the molecule is CCOc1c(F)cccc1C(=O)N1c2ccccc2NC(=O)C[C@@H]1C. The Labute approximate surface area is 145 Å². The van der Waals surface area contributed by atoms with Gasteiger partial charge >= 0.3 is 0 Å². The first-order valence-electron chi connectivity index (χ1n) is 8.16. The maximum absolute atomic E-state index is 14.1. The number of nitrogens with one attached hydrogen (secondary N) is 1. The third kappa shape index (κ3) is 3.20. The number of amides is 2. The fourth-order valence-corrected chi connectivity index (χ4v) is 3.00. The van der Waals surface area contributed by atoms with Crippen LogP contribution in [0.25, 0.3) is 0 Å². The minimum atomic E-state index is -0.585. The average molecular weight is 342 g/mol. The molecule has 2 aromatic rings. The van der Waals surface area contributed by atoms with Crippen LogP contribution in [0.2, 0.25) is 0 Å². The van der Waals surface area contributed by atoms with Gasteiger partial charge in [0.1, 0.15) is 0 Å². The van der Waals surface area contributed by atoms with E-state index in [-0.39, 0.29) is 36.3 Å². The molecule has 130 valence electrons. The molecule has 2 aromatic carbocycles. The lowest BCUT2D eigenvalue weighted by molar-refractivity contribution is -0.116. The molecule has 0 spiro atoms. The lowest BCUT2D eigenvalue weighted by atomic mass is 10.1. The van der Waals surface area contributed by atoms with Crippen LogP contribution in [0, 0.1) is 5.82 Å². The predicted octanol–water partition coefficient (Wildman–Crippen LogP) is 3.60. The molecule has 3 rings (SSSR count). The molecule has 0 fully saturated rings. The number of halogens is 1.